The molecule has 2 heterocycles. The second-order valence-corrected chi connectivity index (χ2v) is 8.81. The second kappa shape index (κ2) is 7.81. The number of rotatable bonds is 4. The molecule has 0 bridgehead atoms. The van der Waals surface area contributed by atoms with E-state index in [-0.39, 0.29) is 11.5 Å². The van der Waals surface area contributed by atoms with Crippen molar-refractivity contribution in [3.8, 4) is 11.3 Å². The first-order valence-corrected chi connectivity index (χ1v) is 10.7. The van der Waals surface area contributed by atoms with E-state index in [9.17, 15) is 9.59 Å². The summed E-state index contributed by atoms with van der Waals surface area (Å²) in [7, 11) is 0. The minimum Gasteiger partial charge on any atom is -0.365 e. The number of halogens is 2. The lowest BCUT2D eigenvalue weighted by Gasteiger charge is -2.11. The minimum absolute atomic E-state index is 0.227. The Morgan fingerprint density at radius 1 is 0.933 bits per heavy atom. The number of benzene rings is 2. The van der Waals surface area contributed by atoms with Crippen molar-refractivity contribution in [1.29, 1.82) is 0 Å². The molecule has 7 heteroatoms. The van der Waals surface area contributed by atoms with Crippen LogP contribution in [0.15, 0.2) is 63.5 Å². The number of fused-ring (bicyclic) bond motifs is 1. The maximum Gasteiger partial charge on any atom is 0.252 e. The smallest absolute Gasteiger partial charge is 0.252 e. The largest absolute Gasteiger partial charge is 0.365 e. The van der Waals surface area contributed by atoms with Crippen molar-refractivity contribution in [2.24, 2.45) is 5.73 Å². The molecule has 0 aliphatic heterocycles. The van der Waals surface area contributed by atoms with Gasteiger partial charge in [-0.05, 0) is 67.4 Å². The summed E-state index contributed by atoms with van der Waals surface area (Å²) in [6.07, 6.45) is 0. The summed E-state index contributed by atoms with van der Waals surface area (Å²) < 4.78 is 3.71. The van der Waals surface area contributed by atoms with E-state index in [4.69, 9.17) is 5.73 Å². The molecule has 0 aliphatic rings. The quantitative estimate of drug-likeness (QED) is 0.358. The molecular weight excluding hydrogens is 510 g/mol. The van der Waals surface area contributed by atoms with E-state index in [2.05, 4.69) is 36.8 Å². The summed E-state index contributed by atoms with van der Waals surface area (Å²) in [6.45, 7) is 3.75. The Morgan fingerprint density at radius 3 is 2.07 bits per heavy atom. The number of ketones is 1. The Kier molecular flexibility index (Phi) is 5.34. The minimum atomic E-state index is -0.569. The number of nitrogens with two attached hydrogens (primary N) is 1. The van der Waals surface area contributed by atoms with Gasteiger partial charge >= 0.3 is 0 Å². The van der Waals surface area contributed by atoms with Crippen molar-refractivity contribution in [2.75, 3.05) is 0 Å². The van der Waals surface area contributed by atoms with E-state index in [1.165, 1.54) is 0 Å². The Balaban J connectivity index is 2.04. The second-order valence-electron chi connectivity index (χ2n) is 6.98. The molecule has 0 fully saturated rings. The highest BCUT2D eigenvalue weighted by atomic mass is 79.9. The van der Waals surface area contributed by atoms with Crippen LogP contribution in [0.5, 0.6) is 0 Å². The van der Waals surface area contributed by atoms with Gasteiger partial charge in [-0.25, -0.2) is 4.98 Å². The molecule has 0 saturated heterocycles. The standard InChI is InChI=1S/C23H17Br2N3O2/c1-12-13(2)28-19(14-3-7-16(24)8-4-14)11-18(27-23(28)20(12)22(26)30)21(29)15-5-9-17(25)10-6-15/h3-11H,1-2H3,(H2,26,30). The van der Waals surface area contributed by atoms with Crippen LogP contribution in [-0.2, 0) is 0 Å². The molecule has 5 nitrogen and oxygen atoms in total. The van der Waals surface area contributed by atoms with Crippen LogP contribution in [0.1, 0.15) is 37.7 Å². The summed E-state index contributed by atoms with van der Waals surface area (Å²) in [5.74, 6) is -0.795. The number of hydrogen-bond acceptors (Lipinski definition) is 3. The maximum absolute atomic E-state index is 13.2. The molecule has 150 valence electrons. The normalized spacial score (nSPS) is 11.1. The number of amides is 1. The summed E-state index contributed by atoms with van der Waals surface area (Å²) in [5.41, 5.74) is 10.4. The molecule has 2 aromatic heterocycles. The van der Waals surface area contributed by atoms with E-state index in [0.29, 0.717) is 16.8 Å². The molecule has 2 N–H and O–H groups in total. The zero-order valence-electron chi connectivity index (χ0n) is 16.2. The highest BCUT2D eigenvalue weighted by molar-refractivity contribution is 9.10. The fourth-order valence-electron chi connectivity index (χ4n) is 3.52. The topological polar surface area (TPSA) is 77.5 Å². The van der Waals surface area contributed by atoms with Gasteiger partial charge in [0, 0.05) is 20.2 Å². The number of carbonyl (C=O) groups excluding carboxylic acids is 2. The summed E-state index contributed by atoms with van der Waals surface area (Å²) in [4.78, 5) is 30.0. The fraction of sp³-hybridized carbons (Fsp3) is 0.0870. The third kappa shape index (κ3) is 3.48. The summed E-state index contributed by atoms with van der Waals surface area (Å²) in [5, 5.41) is 0. The predicted molar refractivity (Wildman–Crippen MR) is 124 cm³/mol. The Hall–Kier alpha value is -2.77. The first kappa shape index (κ1) is 20.5. The molecule has 0 atom stereocenters. The van der Waals surface area contributed by atoms with Gasteiger partial charge < -0.3 is 5.73 Å². The Morgan fingerprint density at radius 2 is 1.50 bits per heavy atom. The van der Waals surface area contributed by atoms with Crippen molar-refractivity contribution in [1.82, 2.24) is 9.38 Å². The number of aromatic nitrogens is 2. The van der Waals surface area contributed by atoms with E-state index in [1.54, 1.807) is 18.2 Å². The van der Waals surface area contributed by atoms with Gasteiger partial charge in [-0.15, -0.1) is 0 Å². The van der Waals surface area contributed by atoms with Crippen LogP contribution in [0.3, 0.4) is 0 Å². The molecule has 0 spiro atoms. The van der Waals surface area contributed by atoms with Gasteiger partial charge in [-0.2, -0.15) is 0 Å². The van der Waals surface area contributed by atoms with Gasteiger partial charge in [-0.3, -0.25) is 14.0 Å². The van der Waals surface area contributed by atoms with Crippen LogP contribution in [0, 0.1) is 13.8 Å². The summed E-state index contributed by atoms with van der Waals surface area (Å²) >= 11 is 6.83. The molecular formula is C23H17Br2N3O2. The molecule has 30 heavy (non-hydrogen) atoms. The molecule has 2 aromatic carbocycles. The predicted octanol–water partition coefficient (Wildman–Crippen LogP) is 5.47. The molecule has 0 saturated carbocycles. The first-order chi connectivity index (χ1) is 14.3. The SMILES string of the molecule is Cc1c(C(N)=O)c2nc(C(=O)c3ccc(Br)cc3)cc(-c3ccc(Br)cc3)n2c1C. The van der Waals surface area contributed by atoms with Crippen molar-refractivity contribution in [3.05, 3.63) is 91.6 Å². The fourth-order valence-corrected chi connectivity index (χ4v) is 4.05. The molecule has 4 aromatic rings. The van der Waals surface area contributed by atoms with Crippen LogP contribution in [-0.4, -0.2) is 21.1 Å². The average molecular weight is 527 g/mol. The van der Waals surface area contributed by atoms with Gasteiger partial charge in [-0.1, -0.05) is 44.0 Å². The van der Waals surface area contributed by atoms with E-state index >= 15 is 0 Å². The number of aryl methyl sites for hydroxylation is 1. The lowest BCUT2D eigenvalue weighted by molar-refractivity contribution is 0.0998. The van der Waals surface area contributed by atoms with E-state index in [1.807, 2.05) is 54.6 Å². The lowest BCUT2D eigenvalue weighted by Crippen LogP contribution is -2.14. The van der Waals surface area contributed by atoms with Crippen LogP contribution < -0.4 is 5.73 Å². The molecule has 0 unspecified atom stereocenters. The van der Waals surface area contributed by atoms with Gasteiger partial charge in [0.05, 0.1) is 11.3 Å². The van der Waals surface area contributed by atoms with Crippen LogP contribution in [0.25, 0.3) is 16.9 Å². The molecule has 0 aliphatic carbocycles. The van der Waals surface area contributed by atoms with E-state index < -0.39 is 5.91 Å². The number of hydrogen-bond donors (Lipinski definition) is 1. The Labute approximate surface area is 190 Å². The first-order valence-electron chi connectivity index (χ1n) is 9.16. The zero-order valence-corrected chi connectivity index (χ0v) is 19.4. The van der Waals surface area contributed by atoms with Crippen LogP contribution in [0.2, 0.25) is 0 Å². The molecule has 4 rings (SSSR count). The lowest BCUT2D eigenvalue weighted by atomic mass is 10.1. The Bertz CT molecular complexity index is 1310. The van der Waals surface area contributed by atoms with Gasteiger partial charge in [0.2, 0.25) is 5.78 Å². The van der Waals surface area contributed by atoms with Crippen LogP contribution >= 0.6 is 31.9 Å². The van der Waals surface area contributed by atoms with Crippen molar-refractivity contribution < 1.29 is 9.59 Å². The van der Waals surface area contributed by atoms with Crippen molar-refractivity contribution >= 4 is 49.2 Å². The van der Waals surface area contributed by atoms with Gasteiger partial charge in [0.25, 0.3) is 5.91 Å². The monoisotopic (exact) mass is 525 g/mol. The third-order valence-corrected chi connectivity index (χ3v) is 6.21. The summed E-state index contributed by atoms with van der Waals surface area (Å²) in [6, 6.07) is 16.6. The molecule has 0 radical (unpaired) electrons. The van der Waals surface area contributed by atoms with E-state index in [0.717, 1.165) is 31.5 Å². The average Bonchev–Trinajstić information content (AvgIpc) is 2.98. The zero-order chi connectivity index (χ0) is 21.6. The number of primary amides is 1. The van der Waals surface area contributed by atoms with Gasteiger partial charge in [0.15, 0.2) is 5.65 Å². The molecule has 1 amide bonds. The highest BCUT2D eigenvalue weighted by Gasteiger charge is 2.23. The van der Waals surface area contributed by atoms with Crippen molar-refractivity contribution in [3.63, 3.8) is 0 Å². The highest BCUT2D eigenvalue weighted by Crippen LogP contribution is 2.30. The third-order valence-electron chi connectivity index (χ3n) is 5.15. The maximum atomic E-state index is 13.2. The van der Waals surface area contributed by atoms with Crippen LogP contribution in [0.4, 0.5) is 0 Å². The van der Waals surface area contributed by atoms with Crippen molar-refractivity contribution in [2.45, 2.75) is 13.8 Å². The van der Waals surface area contributed by atoms with Gasteiger partial charge in [0.1, 0.15) is 5.69 Å². The number of nitrogens with zero attached hydrogens (tertiary/aromatic N) is 2. The number of carbonyl (C=O) groups is 2.